The standard InChI is InChI=1S/C21H27N3O3/c1-4-16-12-22-21(23-13-16)27-18-6-5-9-24(14-18)20(25)11-17-7-8-19(26-3)15(2)10-17/h7-8,10,12-13,18H,4-6,9,11,14H2,1-3H3. The molecule has 1 aliphatic rings. The molecule has 0 saturated carbocycles. The van der Waals surface area contributed by atoms with Crippen molar-refractivity contribution in [1.29, 1.82) is 0 Å². The third-order valence-corrected chi connectivity index (χ3v) is 4.91. The van der Waals surface area contributed by atoms with E-state index in [4.69, 9.17) is 9.47 Å². The van der Waals surface area contributed by atoms with Gasteiger partial charge in [-0.1, -0.05) is 19.1 Å². The highest BCUT2D eigenvalue weighted by Gasteiger charge is 2.25. The first kappa shape index (κ1) is 19.1. The lowest BCUT2D eigenvalue weighted by Crippen LogP contribution is -2.45. The Labute approximate surface area is 160 Å². The predicted molar refractivity (Wildman–Crippen MR) is 103 cm³/mol. The molecule has 144 valence electrons. The number of aromatic nitrogens is 2. The van der Waals surface area contributed by atoms with Crippen LogP contribution in [0.2, 0.25) is 0 Å². The summed E-state index contributed by atoms with van der Waals surface area (Å²) >= 11 is 0. The van der Waals surface area contributed by atoms with E-state index in [1.165, 1.54) is 0 Å². The molecule has 6 heteroatoms. The Hall–Kier alpha value is -2.63. The maximum absolute atomic E-state index is 12.7. The summed E-state index contributed by atoms with van der Waals surface area (Å²) in [6, 6.07) is 6.26. The molecule has 0 N–H and O–H groups in total. The second kappa shape index (κ2) is 8.84. The van der Waals surface area contributed by atoms with Crippen molar-refractivity contribution in [2.45, 2.75) is 45.6 Å². The minimum atomic E-state index is -0.0622. The molecule has 1 unspecified atom stereocenters. The topological polar surface area (TPSA) is 64.5 Å². The van der Waals surface area contributed by atoms with E-state index < -0.39 is 0 Å². The van der Waals surface area contributed by atoms with Gasteiger partial charge in [0.25, 0.3) is 0 Å². The van der Waals surface area contributed by atoms with Gasteiger partial charge >= 0.3 is 6.01 Å². The molecule has 1 atom stereocenters. The normalized spacial score (nSPS) is 16.9. The van der Waals surface area contributed by atoms with Crippen molar-refractivity contribution in [1.82, 2.24) is 14.9 Å². The Morgan fingerprint density at radius 3 is 2.70 bits per heavy atom. The quantitative estimate of drug-likeness (QED) is 0.783. The second-order valence-electron chi connectivity index (χ2n) is 6.93. The van der Waals surface area contributed by atoms with E-state index in [2.05, 4.69) is 16.9 Å². The van der Waals surface area contributed by atoms with Crippen LogP contribution in [0.4, 0.5) is 0 Å². The molecular weight excluding hydrogens is 342 g/mol. The maximum atomic E-state index is 12.7. The van der Waals surface area contributed by atoms with Crippen molar-refractivity contribution >= 4 is 5.91 Å². The Morgan fingerprint density at radius 2 is 2.04 bits per heavy atom. The molecule has 0 radical (unpaired) electrons. The molecule has 6 nitrogen and oxygen atoms in total. The van der Waals surface area contributed by atoms with Crippen molar-refractivity contribution in [3.8, 4) is 11.8 Å². The molecule has 2 heterocycles. The van der Waals surface area contributed by atoms with Gasteiger partial charge in [0, 0.05) is 18.9 Å². The fourth-order valence-electron chi connectivity index (χ4n) is 3.33. The number of rotatable bonds is 6. The van der Waals surface area contributed by atoms with Gasteiger partial charge in [0.1, 0.15) is 11.9 Å². The first-order valence-corrected chi connectivity index (χ1v) is 9.48. The van der Waals surface area contributed by atoms with Crippen LogP contribution in [-0.2, 0) is 17.6 Å². The van der Waals surface area contributed by atoms with Crippen LogP contribution in [0, 0.1) is 6.92 Å². The number of hydrogen-bond acceptors (Lipinski definition) is 5. The highest BCUT2D eigenvalue weighted by molar-refractivity contribution is 5.79. The third-order valence-electron chi connectivity index (χ3n) is 4.91. The van der Waals surface area contributed by atoms with E-state index in [0.29, 0.717) is 19.0 Å². The van der Waals surface area contributed by atoms with E-state index in [1.54, 1.807) is 19.5 Å². The molecule has 0 spiro atoms. The zero-order chi connectivity index (χ0) is 19.2. The molecule has 1 aliphatic heterocycles. The summed E-state index contributed by atoms with van der Waals surface area (Å²) in [5, 5.41) is 0. The number of benzene rings is 1. The highest BCUT2D eigenvalue weighted by Crippen LogP contribution is 2.20. The Bertz CT molecular complexity index is 777. The maximum Gasteiger partial charge on any atom is 0.316 e. The summed E-state index contributed by atoms with van der Waals surface area (Å²) in [5.74, 6) is 0.960. The van der Waals surface area contributed by atoms with E-state index in [1.807, 2.05) is 30.0 Å². The number of carbonyl (C=O) groups is 1. The van der Waals surface area contributed by atoms with Crippen LogP contribution in [0.1, 0.15) is 36.5 Å². The lowest BCUT2D eigenvalue weighted by molar-refractivity contribution is -0.133. The van der Waals surface area contributed by atoms with Crippen LogP contribution in [0.15, 0.2) is 30.6 Å². The number of piperidine rings is 1. The summed E-state index contributed by atoms with van der Waals surface area (Å²) in [5.41, 5.74) is 3.12. The van der Waals surface area contributed by atoms with Gasteiger partial charge in [0.05, 0.1) is 20.1 Å². The number of carbonyl (C=O) groups excluding carboxylic acids is 1. The predicted octanol–water partition coefficient (Wildman–Crippen LogP) is 2.97. The van der Waals surface area contributed by atoms with E-state index in [9.17, 15) is 4.79 Å². The largest absolute Gasteiger partial charge is 0.496 e. The van der Waals surface area contributed by atoms with Gasteiger partial charge in [0.15, 0.2) is 0 Å². The lowest BCUT2D eigenvalue weighted by Gasteiger charge is -2.32. The van der Waals surface area contributed by atoms with Gasteiger partial charge in [-0.2, -0.15) is 0 Å². The van der Waals surface area contributed by atoms with Gasteiger partial charge in [-0.25, -0.2) is 9.97 Å². The molecule has 27 heavy (non-hydrogen) atoms. The number of aryl methyl sites for hydroxylation is 2. The van der Waals surface area contributed by atoms with Crippen LogP contribution in [0.5, 0.6) is 11.8 Å². The lowest BCUT2D eigenvalue weighted by atomic mass is 10.0. The first-order valence-electron chi connectivity index (χ1n) is 9.48. The van der Waals surface area contributed by atoms with Gasteiger partial charge in [0.2, 0.25) is 5.91 Å². The Balaban J connectivity index is 1.58. The number of methoxy groups -OCH3 is 1. The minimum Gasteiger partial charge on any atom is -0.496 e. The Morgan fingerprint density at radius 1 is 1.26 bits per heavy atom. The highest BCUT2D eigenvalue weighted by atomic mass is 16.5. The number of hydrogen-bond donors (Lipinski definition) is 0. The minimum absolute atomic E-state index is 0.0622. The van der Waals surface area contributed by atoms with Crippen molar-refractivity contribution in [3.63, 3.8) is 0 Å². The van der Waals surface area contributed by atoms with Crippen LogP contribution in [0.25, 0.3) is 0 Å². The van der Waals surface area contributed by atoms with E-state index in [0.717, 1.165) is 48.2 Å². The smallest absolute Gasteiger partial charge is 0.316 e. The van der Waals surface area contributed by atoms with E-state index >= 15 is 0 Å². The van der Waals surface area contributed by atoms with Gasteiger partial charge in [-0.3, -0.25) is 4.79 Å². The summed E-state index contributed by atoms with van der Waals surface area (Å²) in [6.45, 7) is 5.39. The summed E-state index contributed by atoms with van der Waals surface area (Å²) < 4.78 is 11.2. The summed E-state index contributed by atoms with van der Waals surface area (Å²) in [7, 11) is 1.65. The van der Waals surface area contributed by atoms with E-state index in [-0.39, 0.29) is 12.0 Å². The first-order chi connectivity index (χ1) is 13.1. The third kappa shape index (κ3) is 4.96. The SMILES string of the molecule is CCc1cnc(OC2CCCN(C(=O)Cc3ccc(OC)c(C)c3)C2)nc1. The molecule has 0 bridgehead atoms. The van der Waals surface area contributed by atoms with Crippen LogP contribution in [0.3, 0.4) is 0 Å². The van der Waals surface area contributed by atoms with Gasteiger partial charge in [-0.15, -0.1) is 0 Å². The number of ether oxygens (including phenoxy) is 2. The molecule has 1 aromatic carbocycles. The Kier molecular flexibility index (Phi) is 6.27. The molecule has 1 saturated heterocycles. The number of likely N-dealkylation sites (tertiary alicyclic amines) is 1. The van der Waals surface area contributed by atoms with Crippen molar-refractivity contribution in [2.75, 3.05) is 20.2 Å². The summed E-state index contributed by atoms with van der Waals surface area (Å²) in [4.78, 5) is 23.1. The van der Waals surface area contributed by atoms with Crippen molar-refractivity contribution < 1.29 is 14.3 Å². The second-order valence-corrected chi connectivity index (χ2v) is 6.93. The monoisotopic (exact) mass is 369 g/mol. The molecular formula is C21H27N3O3. The zero-order valence-electron chi connectivity index (χ0n) is 16.3. The van der Waals surface area contributed by atoms with Crippen molar-refractivity contribution in [3.05, 3.63) is 47.3 Å². The molecule has 1 amide bonds. The van der Waals surface area contributed by atoms with Crippen LogP contribution in [-0.4, -0.2) is 47.1 Å². The average molecular weight is 369 g/mol. The fourth-order valence-corrected chi connectivity index (χ4v) is 3.33. The summed E-state index contributed by atoms with van der Waals surface area (Å²) in [6.07, 6.45) is 6.64. The number of amides is 1. The fraction of sp³-hybridized carbons (Fsp3) is 0.476. The molecule has 2 aromatic rings. The molecule has 1 fully saturated rings. The van der Waals surface area contributed by atoms with Gasteiger partial charge < -0.3 is 14.4 Å². The van der Waals surface area contributed by atoms with Crippen LogP contribution < -0.4 is 9.47 Å². The average Bonchev–Trinajstić information content (AvgIpc) is 2.69. The van der Waals surface area contributed by atoms with Crippen molar-refractivity contribution in [2.24, 2.45) is 0 Å². The molecule has 3 rings (SSSR count). The molecule has 0 aliphatic carbocycles. The van der Waals surface area contributed by atoms with Gasteiger partial charge in [-0.05, 0) is 48.9 Å². The van der Waals surface area contributed by atoms with Crippen LogP contribution >= 0.6 is 0 Å². The zero-order valence-corrected chi connectivity index (χ0v) is 16.3. The number of nitrogens with zero attached hydrogens (tertiary/aromatic N) is 3. The molecule has 1 aromatic heterocycles.